The minimum Gasteiger partial charge on any atom is -0.349 e. The third-order valence-electron chi connectivity index (χ3n) is 6.42. The quantitative estimate of drug-likeness (QED) is 0.807. The summed E-state index contributed by atoms with van der Waals surface area (Å²) in [5, 5.41) is 3.03. The molecule has 1 N–H and O–H groups in total. The Morgan fingerprint density at radius 2 is 1.69 bits per heavy atom. The molecule has 2 saturated carbocycles. The number of nitrogens with zero attached hydrogens (tertiary/aromatic N) is 1. The van der Waals surface area contributed by atoms with Gasteiger partial charge in [-0.05, 0) is 73.8 Å². The average Bonchev–Trinajstić information content (AvgIpc) is 3.67. The zero-order chi connectivity index (χ0) is 19.8. The maximum atomic E-state index is 13.5. The summed E-state index contributed by atoms with van der Waals surface area (Å²) in [5.74, 6) is 0.271. The number of fused-ring (bicyclic) bond motifs is 1. The molecule has 5 rings (SSSR count). The van der Waals surface area contributed by atoms with E-state index >= 15 is 0 Å². The van der Waals surface area contributed by atoms with E-state index in [-0.39, 0.29) is 17.7 Å². The van der Waals surface area contributed by atoms with Crippen LogP contribution in [0.25, 0.3) is 0 Å². The third kappa shape index (κ3) is 4.07. The van der Waals surface area contributed by atoms with Crippen molar-refractivity contribution in [2.45, 2.75) is 69.5 Å². The number of amides is 2. The summed E-state index contributed by atoms with van der Waals surface area (Å²) in [6.07, 6.45) is 7.48. The van der Waals surface area contributed by atoms with Gasteiger partial charge in [-0.15, -0.1) is 0 Å². The maximum Gasteiger partial charge on any atom is 0.251 e. The largest absolute Gasteiger partial charge is 0.349 e. The van der Waals surface area contributed by atoms with Gasteiger partial charge in [0.05, 0.1) is 5.92 Å². The minimum atomic E-state index is -0.0101. The van der Waals surface area contributed by atoms with Gasteiger partial charge in [0.1, 0.15) is 0 Å². The van der Waals surface area contributed by atoms with Crippen LogP contribution in [0.2, 0.25) is 0 Å². The first kappa shape index (κ1) is 18.4. The average molecular weight is 389 g/mol. The van der Waals surface area contributed by atoms with Gasteiger partial charge in [-0.2, -0.15) is 0 Å². The van der Waals surface area contributed by atoms with Crippen LogP contribution in [0.15, 0.2) is 48.5 Å². The molecule has 0 aliphatic heterocycles. The highest BCUT2D eigenvalue weighted by Crippen LogP contribution is 2.37. The van der Waals surface area contributed by atoms with Crippen LogP contribution in [0.3, 0.4) is 0 Å². The highest BCUT2D eigenvalue weighted by Gasteiger charge is 2.37. The van der Waals surface area contributed by atoms with Crippen molar-refractivity contribution >= 4 is 11.8 Å². The van der Waals surface area contributed by atoms with E-state index in [0.29, 0.717) is 24.2 Å². The summed E-state index contributed by atoms with van der Waals surface area (Å²) in [6, 6.07) is 16.9. The fourth-order valence-electron chi connectivity index (χ4n) is 4.44. The van der Waals surface area contributed by atoms with Gasteiger partial charge in [0.15, 0.2) is 0 Å². The summed E-state index contributed by atoms with van der Waals surface area (Å²) in [7, 11) is 0. The van der Waals surface area contributed by atoms with E-state index in [4.69, 9.17) is 0 Å². The summed E-state index contributed by atoms with van der Waals surface area (Å²) < 4.78 is 0. The number of carbonyl (C=O) groups is 2. The Morgan fingerprint density at radius 1 is 0.931 bits per heavy atom. The number of rotatable bonds is 6. The molecule has 2 aromatic rings. The van der Waals surface area contributed by atoms with E-state index in [2.05, 4.69) is 34.5 Å². The van der Waals surface area contributed by atoms with Crippen molar-refractivity contribution < 1.29 is 9.59 Å². The molecule has 29 heavy (non-hydrogen) atoms. The molecular formula is C25H28N2O2. The standard InChI is InChI=1S/C25H28N2O2/c28-24(26-20-12-13-20)19-10-8-17(9-11-19)16-27(21-14-15-21)25(29)23-7-3-5-18-4-1-2-6-22(18)23/h1-2,4,6,8-11,20-21,23H,3,5,7,12-16H2,(H,26,28)/t23-/m0/s1. The van der Waals surface area contributed by atoms with Crippen LogP contribution in [-0.4, -0.2) is 28.8 Å². The number of hydrogen-bond acceptors (Lipinski definition) is 2. The Bertz CT molecular complexity index is 913. The lowest BCUT2D eigenvalue weighted by atomic mass is 9.82. The van der Waals surface area contributed by atoms with Crippen LogP contribution < -0.4 is 5.32 Å². The molecule has 0 radical (unpaired) electrons. The zero-order valence-corrected chi connectivity index (χ0v) is 16.8. The molecule has 4 heteroatoms. The summed E-state index contributed by atoms with van der Waals surface area (Å²) in [4.78, 5) is 27.8. The fraction of sp³-hybridized carbons (Fsp3) is 0.440. The minimum absolute atomic E-state index is 0.00740. The molecule has 0 unspecified atom stereocenters. The van der Waals surface area contributed by atoms with Crippen molar-refractivity contribution in [3.05, 3.63) is 70.8 Å². The number of benzene rings is 2. The third-order valence-corrected chi connectivity index (χ3v) is 6.42. The first-order valence-electron chi connectivity index (χ1n) is 11.0. The predicted octanol–water partition coefficient (Wildman–Crippen LogP) is 4.19. The topological polar surface area (TPSA) is 49.4 Å². The van der Waals surface area contributed by atoms with Gasteiger partial charge in [0.25, 0.3) is 5.91 Å². The van der Waals surface area contributed by atoms with E-state index in [0.717, 1.165) is 50.5 Å². The van der Waals surface area contributed by atoms with Gasteiger partial charge in [0, 0.05) is 24.2 Å². The van der Waals surface area contributed by atoms with E-state index in [1.165, 1.54) is 11.1 Å². The van der Waals surface area contributed by atoms with Gasteiger partial charge in [-0.25, -0.2) is 0 Å². The van der Waals surface area contributed by atoms with Crippen LogP contribution in [0.4, 0.5) is 0 Å². The zero-order valence-electron chi connectivity index (χ0n) is 16.8. The van der Waals surface area contributed by atoms with Gasteiger partial charge in [0.2, 0.25) is 5.91 Å². The van der Waals surface area contributed by atoms with Crippen molar-refractivity contribution in [1.82, 2.24) is 10.2 Å². The van der Waals surface area contributed by atoms with E-state index in [9.17, 15) is 9.59 Å². The van der Waals surface area contributed by atoms with Crippen LogP contribution in [0.1, 0.15) is 71.5 Å². The molecule has 0 heterocycles. The summed E-state index contributed by atoms with van der Waals surface area (Å²) in [6.45, 7) is 0.632. The Hall–Kier alpha value is -2.62. The lowest BCUT2D eigenvalue weighted by molar-refractivity contribution is -0.134. The summed E-state index contributed by atoms with van der Waals surface area (Å²) in [5.41, 5.74) is 4.35. The van der Waals surface area contributed by atoms with E-state index < -0.39 is 0 Å². The van der Waals surface area contributed by atoms with Gasteiger partial charge in [-0.3, -0.25) is 9.59 Å². The molecule has 2 fully saturated rings. The first-order valence-corrected chi connectivity index (χ1v) is 11.0. The molecule has 0 bridgehead atoms. The van der Waals surface area contributed by atoms with Crippen molar-refractivity contribution in [1.29, 1.82) is 0 Å². The second-order valence-corrected chi connectivity index (χ2v) is 8.79. The Balaban J connectivity index is 1.31. The molecule has 4 nitrogen and oxygen atoms in total. The van der Waals surface area contributed by atoms with Crippen molar-refractivity contribution in [2.75, 3.05) is 0 Å². The van der Waals surface area contributed by atoms with Crippen molar-refractivity contribution in [3.63, 3.8) is 0 Å². The lowest BCUT2D eigenvalue weighted by Crippen LogP contribution is -2.37. The van der Waals surface area contributed by atoms with E-state index in [1.807, 2.05) is 24.3 Å². The van der Waals surface area contributed by atoms with Crippen molar-refractivity contribution in [2.24, 2.45) is 0 Å². The summed E-state index contributed by atoms with van der Waals surface area (Å²) >= 11 is 0. The highest BCUT2D eigenvalue weighted by atomic mass is 16.2. The van der Waals surface area contributed by atoms with Gasteiger partial charge in [-0.1, -0.05) is 36.4 Å². The molecule has 0 aromatic heterocycles. The molecule has 1 atom stereocenters. The van der Waals surface area contributed by atoms with Gasteiger partial charge < -0.3 is 10.2 Å². The maximum absolute atomic E-state index is 13.5. The molecule has 3 aliphatic carbocycles. The van der Waals surface area contributed by atoms with Crippen LogP contribution >= 0.6 is 0 Å². The Morgan fingerprint density at radius 3 is 2.41 bits per heavy atom. The molecular weight excluding hydrogens is 360 g/mol. The number of aryl methyl sites for hydroxylation is 1. The molecule has 0 saturated heterocycles. The number of hydrogen-bond donors (Lipinski definition) is 1. The van der Waals surface area contributed by atoms with Crippen LogP contribution in [-0.2, 0) is 17.8 Å². The highest BCUT2D eigenvalue weighted by molar-refractivity contribution is 5.94. The number of carbonyl (C=O) groups excluding carboxylic acids is 2. The Labute approximate surface area is 172 Å². The molecule has 2 aromatic carbocycles. The molecule has 0 spiro atoms. The second-order valence-electron chi connectivity index (χ2n) is 8.79. The van der Waals surface area contributed by atoms with Gasteiger partial charge >= 0.3 is 0 Å². The first-order chi connectivity index (χ1) is 14.2. The fourth-order valence-corrected chi connectivity index (χ4v) is 4.44. The smallest absolute Gasteiger partial charge is 0.251 e. The van der Waals surface area contributed by atoms with E-state index in [1.54, 1.807) is 0 Å². The van der Waals surface area contributed by atoms with Crippen LogP contribution in [0.5, 0.6) is 0 Å². The molecule has 150 valence electrons. The number of nitrogens with one attached hydrogen (secondary N) is 1. The van der Waals surface area contributed by atoms with Crippen LogP contribution in [0, 0.1) is 0 Å². The monoisotopic (exact) mass is 388 g/mol. The molecule has 3 aliphatic rings. The molecule has 2 amide bonds. The Kier molecular flexibility index (Phi) is 4.86. The SMILES string of the molecule is O=C(NC1CC1)c1ccc(CN(C(=O)[C@H]2CCCc3ccccc32)C2CC2)cc1. The normalized spacial score (nSPS) is 20.6. The lowest BCUT2D eigenvalue weighted by Gasteiger charge is -2.31. The second kappa shape index (κ2) is 7.66. The predicted molar refractivity (Wildman–Crippen MR) is 113 cm³/mol. The van der Waals surface area contributed by atoms with Crippen molar-refractivity contribution in [3.8, 4) is 0 Å².